The van der Waals surface area contributed by atoms with Gasteiger partial charge in [0.1, 0.15) is 0 Å². The Morgan fingerprint density at radius 2 is 1.69 bits per heavy atom. The summed E-state index contributed by atoms with van der Waals surface area (Å²) in [5.74, 6) is -1.16. The Labute approximate surface area is 73.1 Å². The van der Waals surface area contributed by atoms with Gasteiger partial charge in [0.05, 0.1) is 0 Å². The molecule has 68 valence electrons. The van der Waals surface area contributed by atoms with Crippen molar-refractivity contribution in [1.29, 1.82) is 0 Å². The molecule has 0 aromatic rings. The number of hydrogen-bond donors (Lipinski definition) is 4. The van der Waals surface area contributed by atoms with E-state index < -0.39 is 5.91 Å². The summed E-state index contributed by atoms with van der Waals surface area (Å²) in [6.07, 6.45) is 0. The highest BCUT2D eigenvalue weighted by molar-refractivity contribution is 6.71. The van der Waals surface area contributed by atoms with E-state index in [9.17, 15) is 0 Å². The van der Waals surface area contributed by atoms with Gasteiger partial charge in [-0.05, 0) is 0 Å². The van der Waals surface area contributed by atoms with E-state index in [4.69, 9.17) is 22.9 Å². The molecule has 0 spiro atoms. The van der Waals surface area contributed by atoms with Gasteiger partial charge in [-0.1, -0.05) is 0 Å². The molecule has 0 aliphatic carbocycles. The van der Waals surface area contributed by atoms with Crippen LogP contribution in [-0.2, 0) is 0 Å². The second-order valence-corrected chi connectivity index (χ2v) is 2.65. The van der Waals surface area contributed by atoms with Crippen LogP contribution < -0.4 is 22.9 Å². The average molecular weight is 180 g/mol. The Morgan fingerprint density at radius 3 is 2.38 bits per heavy atom. The zero-order chi connectivity index (χ0) is 9.64. The first-order valence-corrected chi connectivity index (χ1v) is 3.44. The zero-order valence-corrected chi connectivity index (χ0v) is 6.60. The van der Waals surface area contributed by atoms with Gasteiger partial charge in [-0.3, -0.25) is 11.5 Å². The molecule has 0 amide bonds. The maximum absolute atomic E-state index is 5.51. The molecule has 13 heavy (non-hydrogen) atoms. The molecule has 0 radical (unpaired) electrons. The van der Waals surface area contributed by atoms with E-state index >= 15 is 0 Å². The highest BCUT2D eigenvalue weighted by Gasteiger charge is 2.31. The fraction of sp³-hybridized carbons (Fsp3) is 0.200. The summed E-state index contributed by atoms with van der Waals surface area (Å²) in [4.78, 5) is 15.1. The highest BCUT2D eigenvalue weighted by atomic mass is 15.4. The lowest BCUT2D eigenvalue weighted by molar-refractivity contribution is 0.491. The van der Waals surface area contributed by atoms with Crippen molar-refractivity contribution >= 4 is 23.3 Å². The molecule has 0 aromatic carbocycles. The number of nitrogens with zero attached hydrogens (tertiary/aromatic N) is 4. The number of amidine groups is 2. The SMILES string of the molecule is NC1=NC2=NC(N)(N)N=C(N)C2=N1. The summed E-state index contributed by atoms with van der Waals surface area (Å²) in [5, 5.41) is 0. The Morgan fingerprint density at radius 1 is 1.00 bits per heavy atom. The van der Waals surface area contributed by atoms with Crippen molar-refractivity contribution in [1.82, 2.24) is 0 Å². The van der Waals surface area contributed by atoms with Crippen LogP contribution in [0.1, 0.15) is 0 Å². The van der Waals surface area contributed by atoms with E-state index in [2.05, 4.69) is 20.0 Å². The second-order valence-electron chi connectivity index (χ2n) is 2.65. The molecule has 0 bridgehead atoms. The van der Waals surface area contributed by atoms with Crippen LogP contribution in [0, 0.1) is 0 Å². The van der Waals surface area contributed by atoms with Gasteiger partial charge in [0, 0.05) is 0 Å². The summed E-state index contributed by atoms with van der Waals surface area (Å²) in [6, 6.07) is 0. The molecular weight excluding hydrogens is 172 g/mol. The lowest BCUT2D eigenvalue weighted by atomic mass is 10.3. The number of hydrogen-bond acceptors (Lipinski definition) is 8. The lowest BCUT2D eigenvalue weighted by Gasteiger charge is -2.19. The third kappa shape index (κ3) is 1.17. The molecule has 0 saturated carbocycles. The quantitative estimate of drug-likeness (QED) is 0.294. The molecule has 0 fully saturated rings. The molecule has 2 heterocycles. The molecule has 0 saturated heterocycles. The third-order valence-corrected chi connectivity index (χ3v) is 1.49. The van der Waals surface area contributed by atoms with Gasteiger partial charge >= 0.3 is 0 Å². The molecule has 8 nitrogen and oxygen atoms in total. The van der Waals surface area contributed by atoms with Crippen molar-refractivity contribution in [3.05, 3.63) is 0 Å². The van der Waals surface area contributed by atoms with Crippen molar-refractivity contribution in [2.45, 2.75) is 5.91 Å². The van der Waals surface area contributed by atoms with Gasteiger partial charge in [-0.25, -0.2) is 15.0 Å². The van der Waals surface area contributed by atoms with Gasteiger partial charge in [0.25, 0.3) is 5.91 Å². The first kappa shape index (κ1) is 7.83. The number of fused-ring (bicyclic) bond motifs is 1. The van der Waals surface area contributed by atoms with E-state index in [-0.39, 0.29) is 17.6 Å². The second kappa shape index (κ2) is 2.12. The monoisotopic (exact) mass is 180 g/mol. The van der Waals surface area contributed by atoms with Gasteiger partial charge in [0.15, 0.2) is 17.4 Å². The van der Waals surface area contributed by atoms with Crippen LogP contribution in [0.25, 0.3) is 0 Å². The largest absolute Gasteiger partial charge is 0.382 e. The van der Waals surface area contributed by atoms with Gasteiger partial charge in [0.2, 0.25) is 5.96 Å². The maximum Gasteiger partial charge on any atom is 0.263 e. The Balaban J connectivity index is 2.53. The van der Waals surface area contributed by atoms with Gasteiger partial charge in [-0.2, -0.15) is 4.99 Å². The summed E-state index contributed by atoms with van der Waals surface area (Å²) in [6.45, 7) is 0. The Kier molecular flexibility index (Phi) is 1.27. The van der Waals surface area contributed by atoms with E-state index in [1.54, 1.807) is 0 Å². The first-order chi connectivity index (χ1) is 5.98. The predicted molar refractivity (Wildman–Crippen MR) is 49.2 cm³/mol. The van der Waals surface area contributed by atoms with Crippen LogP contribution >= 0.6 is 0 Å². The minimum absolute atomic E-state index is 0.0737. The standard InChI is InChI=1S/C5H8N8/c6-2-1-3(11-4(7)10-1)13-5(8,9)12-2/h8-9H2,(H2,6,12)(H2,7,11,13). The molecule has 8 N–H and O–H groups in total. The van der Waals surface area contributed by atoms with E-state index in [0.29, 0.717) is 5.71 Å². The fourth-order valence-corrected chi connectivity index (χ4v) is 1.04. The van der Waals surface area contributed by atoms with Gasteiger partial charge in [-0.15, -0.1) is 0 Å². The van der Waals surface area contributed by atoms with E-state index in [0.717, 1.165) is 0 Å². The van der Waals surface area contributed by atoms with Crippen molar-refractivity contribution in [3.8, 4) is 0 Å². The fourth-order valence-electron chi connectivity index (χ4n) is 1.04. The smallest absolute Gasteiger partial charge is 0.263 e. The molecule has 8 heteroatoms. The zero-order valence-electron chi connectivity index (χ0n) is 6.60. The molecule has 2 rings (SSSR count). The van der Waals surface area contributed by atoms with Crippen LogP contribution in [0.4, 0.5) is 0 Å². The Hall–Kier alpha value is -1.80. The summed E-state index contributed by atoms with van der Waals surface area (Å²) < 4.78 is 0. The number of nitrogens with two attached hydrogens (primary N) is 4. The predicted octanol–water partition coefficient (Wildman–Crippen LogP) is -2.95. The maximum atomic E-state index is 5.51. The van der Waals surface area contributed by atoms with E-state index in [1.165, 1.54) is 0 Å². The number of guanidine groups is 1. The molecule has 0 atom stereocenters. The highest BCUT2D eigenvalue weighted by Crippen LogP contribution is 2.09. The van der Waals surface area contributed by atoms with Crippen molar-refractivity contribution in [3.63, 3.8) is 0 Å². The molecule has 0 aromatic heterocycles. The molecular formula is C5H8N8. The van der Waals surface area contributed by atoms with Crippen LogP contribution in [0.5, 0.6) is 0 Å². The molecule has 2 aliphatic heterocycles. The van der Waals surface area contributed by atoms with Gasteiger partial charge < -0.3 is 11.5 Å². The van der Waals surface area contributed by atoms with Crippen LogP contribution in [0.15, 0.2) is 20.0 Å². The van der Waals surface area contributed by atoms with Crippen molar-refractivity contribution in [2.75, 3.05) is 0 Å². The van der Waals surface area contributed by atoms with Crippen molar-refractivity contribution < 1.29 is 0 Å². The van der Waals surface area contributed by atoms with Crippen LogP contribution in [0.2, 0.25) is 0 Å². The lowest BCUT2D eigenvalue weighted by Crippen LogP contribution is -2.52. The topological polar surface area (TPSA) is 154 Å². The average Bonchev–Trinajstić information content (AvgIpc) is 2.27. The minimum atomic E-state index is -1.56. The Bertz CT molecular complexity index is 383. The van der Waals surface area contributed by atoms with Crippen molar-refractivity contribution in [2.24, 2.45) is 42.9 Å². The van der Waals surface area contributed by atoms with Crippen LogP contribution in [0.3, 0.4) is 0 Å². The number of rotatable bonds is 0. The molecule has 2 aliphatic rings. The third-order valence-electron chi connectivity index (χ3n) is 1.49. The summed E-state index contributed by atoms with van der Waals surface area (Å²) in [7, 11) is 0. The minimum Gasteiger partial charge on any atom is -0.382 e. The molecule has 0 unspecified atom stereocenters. The van der Waals surface area contributed by atoms with E-state index in [1.807, 2.05) is 0 Å². The normalized spacial score (nSPS) is 24.2. The first-order valence-electron chi connectivity index (χ1n) is 3.44. The van der Waals surface area contributed by atoms with Crippen LogP contribution in [-0.4, -0.2) is 29.3 Å². The summed E-state index contributed by atoms with van der Waals surface area (Å²) >= 11 is 0. The summed E-state index contributed by atoms with van der Waals surface area (Å²) in [5.41, 5.74) is 22.0. The number of aliphatic imine (C=N–C) groups is 4.